The van der Waals surface area contributed by atoms with Gasteiger partial charge in [-0.2, -0.15) is 0 Å². The molecule has 116 valence electrons. The van der Waals surface area contributed by atoms with Gasteiger partial charge in [0.1, 0.15) is 11.8 Å². The molecule has 2 saturated heterocycles. The Bertz CT molecular complexity index is 520. The predicted octanol–water partition coefficient (Wildman–Crippen LogP) is 1.59. The second kappa shape index (κ2) is 5.69. The minimum Gasteiger partial charge on any atom is -0.457 e. The number of carbonyl (C=O) groups excluding carboxylic acids is 1. The lowest BCUT2D eigenvalue weighted by molar-refractivity contribution is -0.120. The molecule has 3 rings (SSSR count). The fourth-order valence-electron chi connectivity index (χ4n) is 3.12. The average molecular weight is 294 g/mol. The van der Waals surface area contributed by atoms with Gasteiger partial charge in [-0.15, -0.1) is 0 Å². The van der Waals surface area contributed by atoms with Crippen LogP contribution in [-0.2, 0) is 20.8 Å². The lowest BCUT2D eigenvalue weighted by Crippen LogP contribution is -2.43. The molecule has 6 heteroatoms. The van der Waals surface area contributed by atoms with Crippen LogP contribution < -0.4 is 5.73 Å². The summed E-state index contributed by atoms with van der Waals surface area (Å²) in [5.74, 6) is -0.311. The first-order valence-electron chi connectivity index (χ1n) is 7.50. The smallest absolute Gasteiger partial charge is 0.355 e. The molecule has 0 aliphatic carbocycles. The maximum absolute atomic E-state index is 12.3. The molecule has 1 aromatic rings. The van der Waals surface area contributed by atoms with Gasteiger partial charge < -0.3 is 24.5 Å². The highest BCUT2D eigenvalue weighted by Crippen LogP contribution is 2.34. The first kappa shape index (κ1) is 14.4. The monoisotopic (exact) mass is 294 g/mol. The van der Waals surface area contributed by atoms with Crippen molar-refractivity contribution in [2.24, 2.45) is 0 Å². The zero-order chi connectivity index (χ0) is 14.9. The SMILES string of the molecule is CCn1cc(N)cc1C(=O)OC1CCOC2(CCOC2)C1. The van der Waals surface area contributed by atoms with Gasteiger partial charge in [0.05, 0.1) is 24.5 Å². The molecule has 0 amide bonds. The minimum atomic E-state index is -0.311. The van der Waals surface area contributed by atoms with Crippen LogP contribution in [0.4, 0.5) is 5.69 Å². The number of carbonyl (C=O) groups is 1. The van der Waals surface area contributed by atoms with E-state index in [-0.39, 0.29) is 17.7 Å². The van der Waals surface area contributed by atoms with E-state index in [4.69, 9.17) is 19.9 Å². The molecule has 0 saturated carbocycles. The number of aryl methyl sites for hydroxylation is 1. The van der Waals surface area contributed by atoms with Crippen molar-refractivity contribution in [3.63, 3.8) is 0 Å². The fourth-order valence-corrected chi connectivity index (χ4v) is 3.12. The summed E-state index contributed by atoms with van der Waals surface area (Å²) < 4.78 is 18.8. The number of aromatic nitrogens is 1. The number of hydrogen-bond acceptors (Lipinski definition) is 5. The number of nitrogen functional groups attached to an aromatic ring is 1. The van der Waals surface area contributed by atoms with Crippen LogP contribution >= 0.6 is 0 Å². The lowest BCUT2D eigenvalue weighted by atomic mass is 9.91. The van der Waals surface area contributed by atoms with E-state index in [2.05, 4.69) is 0 Å². The number of rotatable bonds is 3. The summed E-state index contributed by atoms with van der Waals surface area (Å²) in [5.41, 5.74) is 6.59. The Morgan fingerprint density at radius 1 is 1.57 bits per heavy atom. The molecule has 0 bridgehead atoms. The largest absolute Gasteiger partial charge is 0.457 e. The molecule has 2 aliphatic heterocycles. The van der Waals surface area contributed by atoms with Crippen molar-refractivity contribution in [1.29, 1.82) is 0 Å². The molecule has 1 spiro atoms. The molecule has 0 radical (unpaired) electrons. The van der Waals surface area contributed by atoms with E-state index in [1.54, 1.807) is 12.3 Å². The summed E-state index contributed by atoms with van der Waals surface area (Å²) in [5, 5.41) is 0. The molecule has 21 heavy (non-hydrogen) atoms. The van der Waals surface area contributed by atoms with Crippen LogP contribution in [0.25, 0.3) is 0 Å². The van der Waals surface area contributed by atoms with E-state index in [1.807, 2.05) is 11.5 Å². The Morgan fingerprint density at radius 2 is 2.43 bits per heavy atom. The van der Waals surface area contributed by atoms with Crippen LogP contribution in [0, 0.1) is 0 Å². The van der Waals surface area contributed by atoms with Gasteiger partial charge in [-0.25, -0.2) is 4.79 Å². The second-order valence-corrected chi connectivity index (χ2v) is 5.80. The van der Waals surface area contributed by atoms with Crippen LogP contribution in [0.3, 0.4) is 0 Å². The molecule has 2 atom stereocenters. The number of ether oxygens (including phenoxy) is 3. The summed E-state index contributed by atoms with van der Waals surface area (Å²) in [6, 6.07) is 1.67. The van der Waals surface area contributed by atoms with Gasteiger partial charge in [-0.3, -0.25) is 0 Å². The van der Waals surface area contributed by atoms with Gasteiger partial charge in [-0.1, -0.05) is 0 Å². The molecule has 2 fully saturated rings. The molecular weight excluding hydrogens is 272 g/mol. The Hall–Kier alpha value is -1.53. The topological polar surface area (TPSA) is 75.7 Å². The van der Waals surface area contributed by atoms with Crippen molar-refractivity contribution in [3.05, 3.63) is 18.0 Å². The van der Waals surface area contributed by atoms with Gasteiger partial charge in [0.15, 0.2) is 0 Å². The van der Waals surface area contributed by atoms with Crippen LogP contribution in [0.2, 0.25) is 0 Å². The maximum atomic E-state index is 12.3. The van der Waals surface area contributed by atoms with E-state index in [0.29, 0.717) is 37.6 Å². The van der Waals surface area contributed by atoms with Crippen molar-refractivity contribution < 1.29 is 19.0 Å². The number of anilines is 1. The van der Waals surface area contributed by atoms with Crippen LogP contribution in [0.5, 0.6) is 0 Å². The standard InChI is InChI=1S/C15H22N2O4/c1-2-17-9-11(16)7-13(17)14(18)21-12-3-5-20-15(8-12)4-6-19-10-15/h7,9,12H,2-6,8,10,16H2,1H3. The average Bonchev–Trinajstić information content (AvgIpc) is 3.06. The molecule has 2 unspecified atom stereocenters. The highest BCUT2D eigenvalue weighted by Gasteiger charge is 2.42. The summed E-state index contributed by atoms with van der Waals surface area (Å²) >= 11 is 0. The van der Waals surface area contributed by atoms with Crippen molar-refractivity contribution >= 4 is 11.7 Å². The number of nitrogens with zero attached hydrogens (tertiary/aromatic N) is 1. The first-order valence-corrected chi connectivity index (χ1v) is 7.50. The van der Waals surface area contributed by atoms with Gasteiger partial charge in [-0.05, 0) is 13.0 Å². The van der Waals surface area contributed by atoms with Crippen molar-refractivity contribution in [1.82, 2.24) is 4.57 Å². The highest BCUT2D eigenvalue weighted by atomic mass is 16.6. The molecular formula is C15H22N2O4. The maximum Gasteiger partial charge on any atom is 0.355 e. The first-order chi connectivity index (χ1) is 10.1. The van der Waals surface area contributed by atoms with E-state index in [0.717, 1.165) is 19.4 Å². The molecule has 6 nitrogen and oxygen atoms in total. The highest BCUT2D eigenvalue weighted by molar-refractivity contribution is 5.89. The number of esters is 1. The third-order valence-electron chi connectivity index (χ3n) is 4.26. The third-order valence-corrected chi connectivity index (χ3v) is 4.26. The van der Waals surface area contributed by atoms with E-state index in [1.165, 1.54) is 0 Å². The van der Waals surface area contributed by atoms with E-state index in [9.17, 15) is 4.79 Å². The van der Waals surface area contributed by atoms with Crippen LogP contribution in [-0.4, -0.2) is 42.1 Å². The molecule has 2 aliphatic rings. The van der Waals surface area contributed by atoms with Gasteiger partial charge in [0.25, 0.3) is 0 Å². The van der Waals surface area contributed by atoms with Gasteiger partial charge >= 0.3 is 5.97 Å². The van der Waals surface area contributed by atoms with E-state index >= 15 is 0 Å². The molecule has 3 heterocycles. The van der Waals surface area contributed by atoms with Crippen molar-refractivity contribution in [2.45, 2.75) is 44.4 Å². The zero-order valence-corrected chi connectivity index (χ0v) is 12.3. The van der Waals surface area contributed by atoms with Gasteiger partial charge in [0, 0.05) is 38.6 Å². The Kier molecular flexibility index (Phi) is 3.91. The summed E-state index contributed by atoms with van der Waals surface area (Å²) in [4.78, 5) is 12.3. The van der Waals surface area contributed by atoms with Crippen LogP contribution in [0.1, 0.15) is 36.7 Å². The fraction of sp³-hybridized carbons (Fsp3) is 0.667. The Labute approximate surface area is 124 Å². The molecule has 0 aromatic carbocycles. The normalized spacial score (nSPS) is 28.9. The second-order valence-electron chi connectivity index (χ2n) is 5.80. The summed E-state index contributed by atoms with van der Waals surface area (Å²) in [6.07, 6.45) is 3.96. The number of nitrogens with two attached hydrogens (primary N) is 1. The van der Waals surface area contributed by atoms with Crippen molar-refractivity contribution in [3.8, 4) is 0 Å². The minimum absolute atomic E-state index is 0.116. The quantitative estimate of drug-likeness (QED) is 0.857. The molecule has 2 N–H and O–H groups in total. The number of hydrogen-bond donors (Lipinski definition) is 1. The summed E-state index contributed by atoms with van der Waals surface area (Å²) in [6.45, 7) is 4.58. The Morgan fingerprint density at radius 3 is 3.14 bits per heavy atom. The van der Waals surface area contributed by atoms with Crippen LogP contribution in [0.15, 0.2) is 12.3 Å². The van der Waals surface area contributed by atoms with Gasteiger partial charge in [0.2, 0.25) is 0 Å². The van der Waals surface area contributed by atoms with E-state index < -0.39 is 0 Å². The third kappa shape index (κ3) is 2.91. The van der Waals surface area contributed by atoms with Crippen molar-refractivity contribution in [2.75, 3.05) is 25.6 Å². The summed E-state index contributed by atoms with van der Waals surface area (Å²) in [7, 11) is 0. The lowest BCUT2D eigenvalue weighted by Gasteiger charge is -2.36. The zero-order valence-electron chi connectivity index (χ0n) is 12.3. The Balaban J connectivity index is 1.66. The molecule has 1 aromatic heterocycles. The predicted molar refractivity (Wildman–Crippen MR) is 77.1 cm³/mol.